The molecule has 0 saturated heterocycles. The first-order valence-electron chi connectivity index (χ1n) is 6.50. The molecule has 0 aliphatic carbocycles. The Labute approximate surface area is 128 Å². The molecule has 22 heavy (non-hydrogen) atoms. The average molecular weight is 300 g/mol. The molecule has 0 saturated carbocycles. The number of hydrogen-bond donors (Lipinski definition) is 2. The normalized spacial score (nSPS) is 11.1. The molecule has 0 heterocycles. The van der Waals surface area contributed by atoms with Gasteiger partial charge in [-0.25, -0.2) is 0 Å². The van der Waals surface area contributed by atoms with E-state index in [2.05, 4.69) is 0 Å². The summed E-state index contributed by atoms with van der Waals surface area (Å²) in [6.45, 7) is 0. The minimum Gasteiger partial charge on any atom is -0.504 e. The van der Waals surface area contributed by atoms with E-state index in [1.165, 1.54) is 26.4 Å². The molecule has 0 aromatic heterocycles. The van der Waals surface area contributed by atoms with Gasteiger partial charge in [-0.3, -0.25) is 4.79 Å². The SMILES string of the molecule is COc1cc(C=C(C=O)c2ccc(O)c(OC)c2)ccc1O. The van der Waals surface area contributed by atoms with Crippen LogP contribution in [0, 0.1) is 0 Å². The largest absolute Gasteiger partial charge is 0.504 e. The molecule has 5 nitrogen and oxygen atoms in total. The van der Waals surface area contributed by atoms with E-state index >= 15 is 0 Å². The number of methoxy groups -OCH3 is 2. The lowest BCUT2D eigenvalue weighted by Crippen LogP contribution is -1.90. The van der Waals surface area contributed by atoms with Crippen LogP contribution in [0.1, 0.15) is 11.1 Å². The third-order valence-corrected chi connectivity index (χ3v) is 3.17. The molecule has 0 amide bonds. The van der Waals surface area contributed by atoms with Crippen LogP contribution in [0.5, 0.6) is 23.0 Å². The Balaban J connectivity index is 2.45. The van der Waals surface area contributed by atoms with Crippen molar-refractivity contribution in [3.05, 3.63) is 47.5 Å². The van der Waals surface area contributed by atoms with E-state index in [-0.39, 0.29) is 17.2 Å². The number of aldehydes is 1. The summed E-state index contributed by atoms with van der Waals surface area (Å²) in [6, 6.07) is 9.44. The topological polar surface area (TPSA) is 76.0 Å². The highest BCUT2D eigenvalue weighted by Gasteiger charge is 2.08. The zero-order valence-corrected chi connectivity index (χ0v) is 12.2. The summed E-state index contributed by atoms with van der Waals surface area (Å²) in [5.74, 6) is 0.636. The molecule has 0 fully saturated rings. The summed E-state index contributed by atoms with van der Waals surface area (Å²) in [6.07, 6.45) is 2.37. The van der Waals surface area contributed by atoms with Crippen LogP contribution in [0.4, 0.5) is 0 Å². The van der Waals surface area contributed by atoms with Gasteiger partial charge in [0.25, 0.3) is 0 Å². The van der Waals surface area contributed by atoms with Crippen LogP contribution >= 0.6 is 0 Å². The van der Waals surface area contributed by atoms with Crippen LogP contribution in [-0.4, -0.2) is 30.7 Å². The number of allylic oxidation sites excluding steroid dienone is 1. The van der Waals surface area contributed by atoms with E-state index in [4.69, 9.17) is 9.47 Å². The van der Waals surface area contributed by atoms with Gasteiger partial charge in [-0.05, 0) is 41.5 Å². The third kappa shape index (κ3) is 3.20. The zero-order valence-electron chi connectivity index (χ0n) is 12.2. The van der Waals surface area contributed by atoms with E-state index in [1.54, 1.807) is 30.3 Å². The van der Waals surface area contributed by atoms with E-state index in [9.17, 15) is 15.0 Å². The van der Waals surface area contributed by atoms with Gasteiger partial charge in [0, 0.05) is 5.57 Å². The lowest BCUT2D eigenvalue weighted by atomic mass is 10.0. The maximum atomic E-state index is 11.4. The second-order valence-electron chi connectivity index (χ2n) is 4.54. The van der Waals surface area contributed by atoms with Gasteiger partial charge in [0.2, 0.25) is 0 Å². The van der Waals surface area contributed by atoms with Crippen molar-refractivity contribution in [1.29, 1.82) is 0 Å². The molecule has 2 rings (SSSR count). The molecular formula is C17H16O5. The summed E-state index contributed by atoms with van der Waals surface area (Å²) >= 11 is 0. The van der Waals surface area contributed by atoms with Crippen LogP contribution < -0.4 is 9.47 Å². The number of carbonyl (C=O) groups excluding carboxylic acids is 1. The second kappa shape index (κ2) is 6.67. The maximum absolute atomic E-state index is 11.4. The summed E-state index contributed by atoms with van der Waals surface area (Å²) in [7, 11) is 2.89. The number of aromatic hydroxyl groups is 2. The minimum atomic E-state index is 0.00259. The zero-order chi connectivity index (χ0) is 16.1. The molecule has 2 N–H and O–H groups in total. The first-order valence-corrected chi connectivity index (χ1v) is 6.50. The fraction of sp³-hybridized carbons (Fsp3) is 0.118. The molecule has 114 valence electrons. The van der Waals surface area contributed by atoms with Gasteiger partial charge in [-0.2, -0.15) is 0 Å². The van der Waals surface area contributed by atoms with E-state index in [0.29, 0.717) is 28.7 Å². The van der Waals surface area contributed by atoms with Crippen molar-refractivity contribution in [2.75, 3.05) is 14.2 Å². The molecule has 2 aromatic carbocycles. The maximum Gasteiger partial charge on any atom is 0.161 e. The highest BCUT2D eigenvalue weighted by atomic mass is 16.5. The van der Waals surface area contributed by atoms with Crippen LogP contribution in [-0.2, 0) is 4.79 Å². The van der Waals surface area contributed by atoms with Crippen molar-refractivity contribution in [1.82, 2.24) is 0 Å². The number of rotatable bonds is 5. The summed E-state index contributed by atoms with van der Waals surface area (Å²) < 4.78 is 10.1. The van der Waals surface area contributed by atoms with Crippen LogP contribution in [0.25, 0.3) is 11.6 Å². The standard InChI is InChI=1S/C17H16O5/c1-21-16-8-11(3-5-14(16)19)7-13(10-18)12-4-6-15(20)17(9-12)22-2/h3-10,19-20H,1-2H3. The van der Waals surface area contributed by atoms with Crippen LogP contribution in [0.15, 0.2) is 36.4 Å². The third-order valence-electron chi connectivity index (χ3n) is 3.17. The summed E-state index contributed by atoms with van der Waals surface area (Å²) in [5.41, 5.74) is 1.71. The molecule has 0 bridgehead atoms. The van der Waals surface area contributed by atoms with Gasteiger partial charge in [0.15, 0.2) is 29.3 Å². The van der Waals surface area contributed by atoms with Gasteiger partial charge >= 0.3 is 0 Å². The number of phenolic OH excluding ortho intramolecular Hbond substituents is 2. The summed E-state index contributed by atoms with van der Waals surface area (Å²) in [5, 5.41) is 19.2. The predicted octanol–water partition coefficient (Wildman–Crippen LogP) is 2.85. The predicted molar refractivity (Wildman–Crippen MR) is 83.3 cm³/mol. The molecule has 0 aliphatic rings. The summed E-state index contributed by atoms with van der Waals surface area (Å²) in [4.78, 5) is 11.4. The fourth-order valence-corrected chi connectivity index (χ4v) is 2.01. The highest BCUT2D eigenvalue weighted by molar-refractivity contribution is 6.13. The van der Waals surface area contributed by atoms with Gasteiger partial charge in [-0.15, -0.1) is 0 Å². The minimum absolute atomic E-state index is 0.00259. The number of phenols is 2. The van der Waals surface area contributed by atoms with Crippen molar-refractivity contribution < 1.29 is 24.5 Å². The number of benzene rings is 2. The molecule has 5 heteroatoms. The molecule has 0 atom stereocenters. The number of ether oxygens (including phenoxy) is 2. The van der Waals surface area contributed by atoms with Gasteiger partial charge in [-0.1, -0.05) is 12.1 Å². The second-order valence-corrected chi connectivity index (χ2v) is 4.54. The van der Waals surface area contributed by atoms with Crippen molar-refractivity contribution in [2.24, 2.45) is 0 Å². The highest BCUT2D eigenvalue weighted by Crippen LogP contribution is 2.31. The van der Waals surface area contributed by atoms with E-state index in [1.807, 2.05) is 0 Å². The lowest BCUT2D eigenvalue weighted by Gasteiger charge is -2.07. The van der Waals surface area contributed by atoms with E-state index < -0.39 is 0 Å². The molecule has 0 radical (unpaired) electrons. The first kappa shape index (κ1) is 15.4. The number of carbonyl (C=O) groups is 1. The fourth-order valence-electron chi connectivity index (χ4n) is 2.01. The van der Waals surface area contributed by atoms with Crippen LogP contribution in [0.3, 0.4) is 0 Å². The molecule has 0 spiro atoms. The van der Waals surface area contributed by atoms with Crippen molar-refractivity contribution >= 4 is 17.9 Å². The Bertz CT molecular complexity index is 719. The number of hydrogen-bond acceptors (Lipinski definition) is 5. The van der Waals surface area contributed by atoms with Gasteiger partial charge in [0.1, 0.15) is 0 Å². The Hall–Kier alpha value is -2.95. The monoisotopic (exact) mass is 300 g/mol. The van der Waals surface area contributed by atoms with Gasteiger partial charge < -0.3 is 19.7 Å². The van der Waals surface area contributed by atoms with Crippen LogP contribution in [0.2, 0.25) is 0 Å². The Kier molecular flexibility index (Phi) is 4.68. The Morgan fingerprint density at radius 1 is 0.955 bits per heavy atom. The molecule has 0 unspecified atom stereocenters. The van der Waals surface area contributed by atoms with E-state index in [0.717, 1.165) is 0 Å². The molecular weight excluding hydrogens is 284 g/mol. The van der Waals surface area contributed by atoms with Crippen molar-refractivity contribution in [3.8, 4) is 23.0 Å². The van der Waals surface area contributed by atoms with Crippen molar-refractivity contribution in [2.45, 2.75) is 0 Å². The lowest BCUT2D eigenvalue weighted by molar-refractivity contribution is -0.103. The molecule has 0 aliphatic heterocycles. The average Bonchev–Trinajstić information content (AvgIpc) is 2.54. The Morgan fingerprint density at radius 3 is 2.14 bits per heavy atom. The van der Waals surface area contributed by atoms with Gasteiger partial charge in [0.05, 0.1) is 14.2 Å². The quantitative estimate of drug-likeness (QED) is 0.504. The first-order chi connectivity index (χ1) is 10.6. The van der Waals surface area contributed by atoms with Crippen molar-refractivity contribution in [3.63, 3.8) is 0 Å². The Morgan fingerprint density at radius 2 is 1.55 bits per heavy atom. The molecule has 2 aromatic rings. The smallest absolute Gasteiger partial charge is 0.161 e.